The van der Waals surface area contributed by atoms with Gasteiger partial charge in [-0.1, -0.05) is 30.3 Å². The molecule has 1 unspecified atom stereocenters. The van der Waals surface area contributed by atoms with Gasteiger partial charge in [-0.15, -0.1) is 0 Å². The number of imide groups is 1. The van der Waals surface area contributed by atoms with E-state index in [0.29, 0.717) is 30.0 Å². The summed E-state index contributed by atoms with van der Waals surface area (Å²) in [5, 5.41) is 0. The molecular formula is C22H21NO5S. The summed E-state index contributed by atoms with van der Waals surface area (Å²) in [6, 6.07) is 13.8. The zero-order valence-corrected chi connectivity index (χ0v) is 17.0. The number of carbonyl (C=O) groups excluding carboxylic acids is 2. The van der Waals surface area contributed by atoms with Crippen molar-refractivity contribution in [2.24, 2.45) is 5.41 Å². The zero-order valence-electron chi connectivity index (χ0n) is 16.2. The second kappa shape index (κ2) is 6.84. The lowest BCUT2D eigenvalue weighted by atomic mass is 9.93. The van der Waals surface area contributed by atoms with Gasteiger partial charge in [0, 0.05) is 13.3 Å². The molecule has 150 valence electrons. The molecule has 0 saturated heterocycles. The number of ether oxygens (including phenoxy) is 1. The van der Waals surface area contributed by atoms with Crippen LogP contribution in [0.5, 0.6) is 5.75 Å². The largest absolute Gasteiger partial charge is 0.493 e. The molecule has 1 atom stereocenters. The average molecular weight is 411 g/mol. The molecule has 0 radical (unpaired) electrons. The summed E-state index contributed by atoms with van der Waals surface area (Å²) in [4.78, 5) is 26.5. The third-order valence-electron chi connectivity index (χ3n) is 5.28. The first-order valence-electron chi connectivity index (χ1n) is 9.33. The number of fused-ring (bicyclic) bond motifs is 1. The van der Waals surface area contributed by atoms with Crippen LogP contribution >= 0.6 is 0 Å². The summed E-state index contributed by atoms with van der Waals surface area (Å²) in [5.41, 5.74) is 0.612. The molecule has 0 bridgehead atoms. The van der Waals surface area contributed by atoms with Gasteiger partial charge in [-0.2, -0.15) is 0 Å². The van der Waals surface area contributed by atoms with Crippen LogP contribution in [0.15, 0.2) is 59.5 Å². The minimum absolute atomic E-state index is 0.159. The van der Waals surface area contributed by atoms with Crippen LogP contribution in [0.1, 0.15) is 25.0 Å². The van der Waals surface area contributed by atoms with Crippen molar-refractivity contribution >= 4 is 27.3 Å². The topological polar surface area (TPSA) is 80.8 Å². The minimum atomic E-state index is -3.77. The first-order valence-corrected chi connectivity index (χ1v) is 11.0. The van der Waals surface area contributed by atoms with E-state index < -0.39 is 32.8 Å². The normalized spacial score (nSPS) is 21.0. The van der Waals surface area contributed by atoms with Crippen LogP contribution in [-0.2, 0) is 25.8 Å². The number of rotatable bonds is 4. The van der Waals surface area contributed by atoms with Crippen molar-refractivity contribution in [2.75, 3.05) is 12.4 Å². The summed E-state index contributed by atoms with van der Waals surface area (Å²) in [5.74, 6) is -0.697. The Morgan fingerprint density at radius 2 is 1.90 bits per heavy atom. The van der Waals surface area contributed by atoms with Crippen molar-refractivity contribution in [3.63, 3.8) is 0 Å². The van der Waals surface area contributed by atoms with E-state index in [4.69, 9.17) is 4.74 Å². The lowest BCUT2D eigenvalue weighted by Crippen LogP contribution is -2.40. The standard InChI is InChI=1S/C22H21NO5S/c1-15(24)23-19(16-6-4-3-5-7-16)13-22(2,21(23)25)14-29(26,27)18-8-9-20-17(12-18)10-11-28-20/h3-9,12-13H,10-11,14H2,1-2H3. The minimum Gasteiger partial charge on any atom is -0.493 e. The van der Waals surface area contributed by atoms with Gasteiger partial charge in [-0.25, -0.2) is 13.3 Å². The van der Waals surface area contributed by atoms with Gasteiger partial charge in [0.05, 0.1) is 28.4 Å². The first kappa shape index (κ1) is 19.4. The Kier molecular flexibility index (Phi) is 4.58. The smallest absolute Gasteiger partial charge is 0.244 e. The highest BCUT2D eigenvalue weighted by molar-refractivity contribution is 7.91. The van der Waals surface area contributed by atoms with Gasteiger partial charge in [-0.3, -0.25) is 9.59 Å². The third kappa shape index (κ3) is 3.35. The van der Waals surface area contributed by atoms with Gasteiger partial charge >= 0.3 is 0 Å². The Labute approximate surface area is 169 Å². The molecule has 29 heavy (non-hydrogen) atoms. The second-order valence-electron chi connectivity index (χ2n) is 7.60. The fraction of sp³-hybridized carbons (Fsp3) is 0.273. The summed E-state index contributed by atoms with van der Waals surface area (Å²) in [6.07, 6.45) is 2.26. The maximum atomic E-state index is 13.1. The van der Waals surface area contributed by atoms with Crippen molar-refractivity contribution in [2.45, 2.75) is 25.2 Å². The highest BCUT2D eigenvalue weighted by Crippen LogP contribution is 2.40. The van der Waals surface area contributed by atoms with Crippen molar-refractivity contribution in [3.05, 3.63) is 65.7 Å². The third-order valence-corrected chi connectivity index (χ3v) is 7.23. The van der Waals surface area contributed by atoms with E-state index in [-0.39, 0.29) is 4.90 Å². The molecule has 2 aromatic rings. The lowest BCUT2D eigenvalue weighted by molar-refractivity contribution is -0.142. The lowest BCUT2D eigenvalue weighted by Gasteiger charge is -2.23. The van der Waals surface area contributed by atoms with Crippen LogP contribution in [0.25, 0.3) is 5.70 Å². The predicted octanol–water partition coefficient (Wildman–Crippen LogP) is 2.83. The highest BCUT2D eigenvalue weighted by atomic mass is 32.2. The first-order chi connectivity index (χ1) is 13.7. The molecule has 2 aromatic carbocycles. The molecule has 0 aromatic heterocycles. The van der Waals surface area contributed by atoms with Crippen LogP contribution in [0.2, 0.25) is 0 Å². The Balaban J connectivity index is 1.72. The molecule has 7 heteroatoms. The quantitative estimate of drug-likeness (QED) is 0.773. The number of sulfone groups is 1. The molecule has 2 amide bonds. The van der Waals surface area contributed by atoms with Crippen LogP contribution in [-0.4, -0.2) is 37.5 Å². The molecule has 0 N–H and O–H groups in total. The summed E-state index contributed by atoms with van der Waals surface area (Å²) < 4.78 is 31.7. The molecule has 6 nitrogen and oxygen atoms in total. The number of amides is 2. The summed E-state index contributed by atoms with van der Waals surface area (Å²) in [7, 11) is -3.77. The van der Waals surface area contributed by atoms with Crippen LogP contribution in [0.4, 0.5) is 0 Å². The van der Waals surface area contributed by atoms with Gasteiger partial charge in [-0.05, 0) is 42.3 Å². The SMILES string of the molecule is CC(=O)N1C(=O)C(C)(CS(=O)(=O)c2ccc3c(c2)CCO3)C=C1c1ccccc1. The summed E-state index contributed by atoms with van der Waals surface area (Å²) in [6.45, 7) is 3.40. The monoisotopic (exact) mass is 411 g/mol. The molecular weight excluding hydrogens is 390 g/mol. The van der Waals surface area contributed by atoms with Crippen LogP contribution in [0, 0.1) is 5.41 Å². The predicted molar refractivity (Wildman–Crippen MR) is 108 cm³/mol. The maximum absolute atomic E-state index is 13.1. The van der Waals surface area contributed by atoms with Gasteiger partial charge in [0.1, 0.15) is 5.75 Å². The Bertz CT molecular complexity index is 1140. The Morgan fingerprint density at radius 3 is 2.59 bits per heavy atom. The van der Waals surface area contributed by atoms with Crippen LogP contribution in [0.3, 0.4) is 0 Å². The van der Waals surface area contributed by atoms with Crippen molar-refractivity contribution in [1.29, 1.82) is 0 Å². The zero-order chi connectivity index (χ0) is 20.8. The van der Waals surface area contributed by atoms with E-state index >= 15 is 0 Å². The molecule has 2 heterocycles. The van der Waals surface area contributed by atoms with E-state index in [0.717, 1.165) is 10.5 Å². The number of hydrogen-bond acceptors (Lipinski definition) is 5. The van der Waals surface area contributed by atoms with E-state index in [1.54, 1.807) is 49.4 Å². The number of carbonyl (C=O) groups is 2. The van der Waals surface area contributed by atoms with E-state index in [9.17, 15) is 18.0 Å². The van der Waals surface area contributed by atoms with Crippen molar-refractivity contribution in [3.8, 4) is 5.75 Å². The molecule has 4 rings (SSSR count). The van der Waals surface area contributed by atoms with Gasteiger partial charge in [0.25, 0.3) is 0 Å². The summed E-state index contributed by atoms with van der Waals surface area (Å²) >= 11 is 0. The Hall–Kier alpha value is -2.93. The van der Waals surface area contributed by atoms with Crippen LogP contribution < -0.4 is 4.74 Å². The molecule has 2 aliphatic rings. The van der Waals surface area contributed by atoms with Crippen molar-refractivity contribution < 1.29 is 22.7 Å². The van der Waals surface area contributed by atoms with E-state index in [1.165, 1.54) is 13.0 Å². The molecule has 0 saturated carbocycles. The molecule has 0 spiro atoms. The van der Waals surface area contributed by atoms with E-state index in [1.807, 2.05) is 6.07 Å². The fourth-order valence-corrected chi connectivity index (χ4v) is 5.62. The number of nitrogens with zero attached hydrogens (tertiary/aromatic N) is 1. The average Bonchev–Trinajstić information content (AvgIpc) is 3.24. The fourth-order valence-electron chi connectivity index (χ4n) is 3.86. The van der Waals surface area contributed by atoms with E-state index in [2.05, 4.69) is 0 Å². The van der Waals surface area contributed by atoms with Gasteiger partial charge in [0.15, 0.2) is 9.84 Å². The van der Waals surface area contributed by atoms with Gasteiger partial charge < -0.3 is 4.74 Å². The molecule has 2 aliphatic heterocycles. The molecule has 0 aliphatic carbocycles. The number of benzene rings is 2. The Morgan fingerprint density at radius 1 is 1.17 bits per heavy atom. The van der Waals surface area contributed by atoms with Gasteiger partial charge in [0.2, 0.25) is 11.8 Å². The maximum Gasteiger partial charge on any atom is 0.244 e. The second-order valence-corrected chi connectivity index (χ2v) is 9.59. The molecule has 0 fully saturated rings. The highest BCUT2D eigenvalue weighted by Gasteiger charge is 2.47. The van der Waals surface area contributed by atoms with Crippen molar-refractivity contribution in [1.82, 2.24) is 4.90 Å². The number of hydrogen-bond donors (Lipinski definition) is 0.